The molecule has 0 spiro atoms. The Kier molecular flexibility index (Phi) is 3.84. The van der Waals surface area contributed by atoms with Gasteiger partial charge in [-0.25, -0.2) is 4.79 Å². The molecule has 0 atom stereocenters. The first-order valence-corrected chi connectivity index (χ1v) is 7.65. The second-order valence-corrected chi connectivity index (χ2v) is 5.87. The Morgan fingerprint density at radius 2 is 1.68 bits per heavy atom. The number of nitrogens with zero attached hydrogens (tertiary/aromatic N) is 1. The number of carboxylic acids is 1. The molecule has 1 N–H and O–H groups in total. The molecule has 0 aromatic heterocycles. The summed E-state index contributed by atoms with van der Waals surface area (Å²) in [6.45, 7) is 3.55. The average Bonchev–Trinajstić information content (AvgIpc) is 3.35. The minimum Gasteiger partial charge on any atom is -0.478 e. The summed E-state index contributed by atoms with van der Waals surface area (Å²) in [5, 5.41) is 10.7. The lowest BCUT2D eigenvalue weighted by atomic mass is 10.0. The highest BCUT2D eigenvalue weighted by Gasteiger charge is 2.26. The third-order valence-electron chi connectivity index (χ3n) is 4.18. The summed E-state index contributed by atoms with van der Waals surface area (Å²) in [7, 11) is 0. The van der Waals surface area contributed by atoms with Crippen LogP contribution in [0, 0.1) is 5.92 Å². The van der Waals surface area contributed by atoms with Gasteiger partial charge in [0.25, 0.3) is 5.91 Å². The average molecular weight is 297 g/mol. The molecule has 1 saturated carbocycles. The van der Waals surface area contributed by atoms with E-state index in [1.807, 2.05) is 24.0 Å². The van der Waals surface area contributed by atoms with E-state index in [9.17, 15) is 9.59 Å². The Balaban J connectivity index is 1.88. The van der Waals surface area contributed by atoms with Crippen LogP contribution in [-0.2, 0) is 0 Å². The number of carbonyl (C=O) groups excluding carboxylic acids is 1. The van der Waals surface area contributed by atoms with Crippen LogP contribution in [0.3, 0.4) is 0 Å². The molecular weight excluding hydrogens is 278 g/mol. The third-order valence-corrected chi connectivity index (χ3v) is 4.18. The van der Waals surface area contributed by atoms with Gasteiger partial charge in [0.2, 0.25) is 0 Å². The predicted octanol–water partition coefficient (Wildman–Crippen LogP) is 3.41. The number of hydrogen-bond acceptors (Lipinski definition) is 2. The quantitative estimate of drug-likeness (QED) is 0.920. The van der Waals surface area contributed by atoms with Gasteiger partial charge in [0, 0.05) is 18.7 Å². The predicted molar refractivity (Wildman–Crippen MR) is 85.2 cm³/mol. The summed E-state index contributed by atoms with van der Waals surface area (Å²) in [6.07, 6.45) is 2.44. The van der Waals surface area contributed by atoms with Gasteiger partial charge in [-0.3, -0.25) is 4.79 Å². The Labute approximate surface area is 129 Å². The number of carbonyl (C=O) groups is 2. The second-order valence-electron chi connectivity index (χ2n) is 5.87. The van der Waals surface area contributed by atoms with Crippen LogP contribution >= 0.6 is 0 Å². The molecule has 0 heterocycles. The highest BCUT2D eigenvalue weighted by molar-refractivity contribution is 6.00. The van der Waals surface area contributed by atoms with E-state index in [1.165, 1.54) is 12.8 Å². The van der Waals surface area contributed by atoms with Crippen molar-refractivity contribution in [2.24, 2.45) is 5.92 Å². The molecule has 4 nitrogen and oxygen atoms in total. The Morgan fingerprint density at radius 3 is 2.23 bits per heavy atom. The van der Waals surface area contributed by atoms with Crippen molar-refractivity contribution in [2.75, 3.05) is 13.1 Å². The summed E-state index contributed by atoms with van der Waals surface area (Å²) in [5.41, 5.74) is 0.925. The van der Waals surface area contributed by atoms with Crippen molar-refractivity contribution in [2.45, 2.75) is 19.8 Å². The highest BCUT2D eigenvalue weighted by atomic mass is 16.4. The molecule has 0 radical (unpaired) electrons. The zero-order chi connectivity index (χ0) is 15.7. The molecule has 2 aromatic carbocycles. The highest BCUT2D eigenvalue weighted by Crippen LogP contribution is 2.30. The van der Waals surface area contributed by atoms with Crippen molar-refractivity contribution in [1.29, 1.82) is 0 Å². The van der Waals surface area contributed by atoms with E-state index < -0.39 is 5.97 Å². The maximum absolute atomic E-state index is 12.6. The van der Waals surface area contributed by atoms with Crippen molar-refractivity contribution < 1.29 is 14.7 Å². The Morgan fingerprint density at radius 1 is 1.09 bits per heavy atom. The second kappa shape index (κ2) is 5.79. The first kappa shape index (κ1) is 14.6. The van der Waals surface area contributed by atoms with Gasteiger partial charge in [-0.15, -0.1) is 0 Å². The molecule has 0 saturated heterocycles. The van der Waals surface area contributed by atoms with Crippen LogP contribution in [0.1, 0.15) is 40.5 Å². The molecule has 2 aromatic rings. The van der Waals surface area contributed by atoms with Gasteiger partial charge in [0.05, 0.1) is 5.56 Å². The number of carboxylic acid groups (broad SMARTS) is 1. The van der Waals surface area contributed by atoms with Crippen molar-refractivity contribution in [3.63, 3.8) is 0 Å². The zero-order valence-corrected chi connectivity index (χ0v) is 12.6. The standard InChI is InChI=1S/C18H19NO3/c1-2-19(11-12-3-4-12)17(20)15-7-5-14-10-16(18(21)22)8-6-13(14)9-15/h5-10,12H,2-4,11H2,1H3,(H,21,22). The minimum atomic E-state index is -0.941. The van der Waals surface area contributed by atoms with Crippen LogP contribution in [0.15, 0.2) is 36.4 Å². The maximum atomic E-state index is 12.6. The van der Waals surface area contributed by atoms with E-state index >= 15 is 0 Å². The lowest BCUT2D eigenvalue weighted by molar-refractivity contribution is 0.0695. The molecule has 3 rings (SSSR count). The van der Waals surface area contributed by atoms with E-state index in [1.54, 1.807) is 24.3 Å². The van der Waals surface area contributed by atoms with E-state index in [0.717, 1.165) is 17.3 Å². The van der Waals surface area contributed by atoms with E-state index in [2.05, 4.69) is 0 Å². The Bertz CT molecular complexity index is 734. The number of fused-ring (bicyclic) bond motifs is 1. The summed E-state index contributed by atoms with van der Waals surface area (Å²) in [6, 6.07) is 10.4. The first-order valence-electron chi connectivity index (χ1n) is 7.65. The smallest absolute Gasteiger partial charge is 0.335 e. The third kappa shape index (κ3) is 2.96. The number of aromatic carboxylic acids is 1. The number of hydrogen-bond donors (Lipinski definition) is 1. The van der Waals surface area contributed by atoms with Crippen LogP contribution in [0.5, 0.6) is 0 Å². The van der Waals surface area contributed by atoms with Crippen molar-refractivity contribution in [3.8, 4) is 0 Å². The largest absolute Gasteiger partial charge is 0.478 e. The van der Waals surface area contributed by atoms with Crippen LogP contribution in [0.4, 0.5) is 0 Å². The molecule has 1 aliphatic carbocycles. The molecule has 0 aliphatic heterocycles. The fraction of sp³-hybridized carbons (Fsp3) is 0.333. The minimum absolute atomic E-state index is 0.0543. The van der Waals surface area contributed by atoms with Gasteiger partial charge in [-0.1, -0.05) is 12.1 Å². The number of rotatable bonds is 5. The topological polar surface area (TPSA) is 57.6 Å². The van der Waals surface area contributed by atoms with Crippen LogP contribution in [-0.4, -0.2) is 35.0 Å². The molecule has 1 amide bonds. The lowest BCUT2D eigenvalue weighted by Gasteiger charge is -2.21. The molecule has 114 valence electrons. The van der Waals surface area contributed by atoms with E-state index in [-0.39, 0.29) is 11.5 Å². The van der Waals surface area contributed by atoms with Gasteiger partial charge in [-0.05, 0) is 60.7 Å². The summed E-state index contributed by atoms with van der Waals surface area (Å²) in [5.74, 6) is -0.218. The lowest BCUT2D eigenvalue weighted by Crippen LogP contribution is -2.32. The first-order chi connectivity index (χ1) is 10.6. The molecule has 1 fully saturated rings. The van der Waals surface area contributed by atoms with Gasteiger partial charge < -0.3 is 10.0 Å². The van der Waals surface area contributed by atoms with Crippen LogP contribution in [0.2, 0.25) is 0 Å². The number of amides is 1. The monoisotopic (exact) mass is 297 g/mol. The van der Waals surface area contributed by atoms with Crippen molar-refractivity contribution >= 4 is 22.6 Å². The van der Waals surface area contributed by atoms with Gasteiger partial charge >= 0.3 is 5.97 Å². The van der Waals surface area contributed by atoms with Gasteiger partial charge in [0.1, 0.15) is 0 Å². The van der Waals surface area contributed by atoms with E-state index in [4.69, 9.17) is 5.11 Å². The van der Waals surface area contributed by atoms with Crippen molar-refractivity contribution in [3.05, 3.63) is 47.5 Å². The molecule has 22 heavy (non-hydrogen) atoms. The summed E-state index contributed by atoms with van der Waals surface area (Å²) < 4.78 is 0. The fourth-order valence-electron chi connectivity index (χ4n) is 2.66. The molecule has 0 unspecified atom stereocenters. The van der Waals surface area contributed by atoms with Crippen LogP contribution in [0.25, 0.3) is 10.8 Å². The Hall–Kier alpha value is -2.36. The van der Waals surface area contributed by atoms with Crippen LogP contribution < -0.4 is 0 Å². The molecule has 1 aliphatic rings. The van der Waals surface area contributed by atoms with Gasteiger partial charge in [-0.2, -0.15) is 0 Å². The SMILES string of the molecule is CCN(CC1CC1)C(=O)c1ccc2cc(C(=O)O)ccc2c1. The van der Waals surface area contributed by atoms with Crippen molar-refractivity contribution in [1.82, 2.24) is 4.90 Å². The normalized spacial score (nSPS) is 14.0. The fourth-order valence-corrected chi connectivity index (χ4v) is 2.66. The molecule has 4 heteroatoms. The number of benzene rings is 2. The molecular formula is C18H19NO3. The maximum Gasteiger partial charge on any atom is 0.335 e. The summed E-state index contributed by atoms with van der Waals surface area (Å²) >= 11 is 0. The zero-order valence-electron chi connectivity index (χ0n) is 12.6. The van der Waals surface area contributed by atoms with Gasteiger partial charge in [0.15, 0.2) is 0 Å². The van der Waals surface area contributed by atoms with E-state index in [0.29, 0.717) is 18.0 Å². The molecule has 0 bridgehead atoms. The summed E-state index contributed by atoms with van der Waals surface area (Å²) in [4.78, 5) is 25.5.